The molecule has 8 heteroatoms. The number of tetrazole rings is 1. The number of nitrogens with zero attached hydrogens (tertiary/aromatic N) is 5. The average molecular weight is 224 g/mol. The van der Waals surface area contributed by atoms with Gasteiger partial charge in [0.15, 0.2) is 5.82 Å². The van der Waals surface area contributed by atoms with Gasteiger partial charge in [-0.2, -0.15) is 4.80 Å². The van der Waals surface area contributed by atoms with E-state index in [2.05, 4.69) is 20.7 Å². The number of nitrogens with one attached hydrogen (secondary N) is 1. The molecule has 1 fully saturated rings. The summed E-state index contributed by atoms with van der Waals surface area (Å²) >= 11 is 0. The summed E-state index contributed by atoms with van der Waals surface area (Å²) in [6.07, 6.45) is 0.190. The van der Waals surface area contributed by atoms with E-state index in [1.807, 2.05) is 0 Å². The van der Waals surface area contributed by atoms with Crippen LogP contribution < -0.4 is 5.32 Å². The molecule has 0 aromatic carbocycles. The minimum absolute atomic E-state index is 0.172. The fraction of sp³-hybridized carbons (Fsp3) is 0.625. The van der Waals surface area contributed by atoms with Crippen molar-refractivity contribution in [3.05, 3.63) is 5.82 Å². The van der Waals surface area contributed by atoms with Crippen LogP contribution in [0.1, 0.15) is 12.2 Å². The van der Waals surface area contributed by atoms with Crippen molar-refractivity contribution >= 4 is 11.8 Å². The molecule has 1 aliphatic rings. The SMILES string of the molecule is CN1C(=O)CC(NCc2nnn(C)n2)C1=O. The minimum atomic E-state index is -0.471. The number of carbonyl (C=O) groups is 2. The lowest BCUT2D eigenvalue weighted by atomic mass is 10.2. The first-order chi connectivity index (χ1) is 7.58. The lowest BCUT2D eigenvalue weighted by Crippen LogP contribution is -2.36. The van der Waals surface area contributed by atoms with Crippen molar-refractivity contribution in [1.29, 1.82) is 0 Å². The average Bonchev–Trinajstić information content (AvgIpc) is 2.76. The third-order valence-corrected chi connectivity index (χ3v) is 2.44. The van der Waals surface area contributed by atoms with Crippen LogP contribution in [0.3, 0.4) is 0 Å². The highest BCUT2D eigenvalue weighted by molar-refractivity contribution is 6.05. The van der Waals surface area contributed by atoms with Gasteiger partial charge in [0.25, 0.3) is 0 Å². The van der Waals surface area contributed by atoms with Crippen LogP contribution in [0.15, 0.2) is 0 Å². The summed E-state index contributed by atoms with van der Waals surface area (Å²) in [4.78, 5) is 25.2. The summed E-state index contributed by atoms with van der Waals surface area (Å²) in [6.45, 7) is 0.325. The summed E-state index contributed by atoms with van der Waals surface area (Å²) in [7, 11) is 3.14. The second-order valence-electron chi connectivity index (χ2n) is 3.62. The quantitative estimate of drug-likeness (QED) is 0.600. The molecule has 1 unspecified atom stereocenters. The van der Waals surface area contributed by atoms with Gasteiger partial charge in [0.2, 0.25) is 11.8 Å². The molecule has 1 atom stereocenters. The van der Waals surface area contributed by atoms with E-state index in [-0.39, 0.29) is 18.2 Å². The summed E-state index contributed by atoms with van der Waals surface area (Å²) < 4.78 is 0. The fourth-order valence-electron chi connectivity index (χ4n) is 1.52. The number of rotatable bonds is 3. The summed E-state index contributed by atoms with van der Waals surface area (Å²) in [5.41, 5.74) is 0. The Hall–Kier alpha value is -1.83. The van der Waals surface area contributed by atoms with Gasteiger partial charge in [0.1, 0.15) is 0 Å². The van der Waals surface area contributed by atoms with Crippen molar-refractivity contribution in [2.45, 2.75) is 19.0 Å². The molecule has 0 spiro atoms. The van der Waals surface area contributed by atoms with E-state index in [1.54, 1.807) is 7.05 Å². The molecule has 16 heavy (non-hydrogen) atoms. The van der Waals surface area contributed by atoms with Crippen LogP contribution in [0.25, 0.3) is 0 Å². The van der Waals surface area contributed by atoms with E-state index in [9.17, 15) is 9.59 Å². The van der Waals surface area contributed by atoms with Crippen molar-refractivity contribution < 1.29 is 9.59 Å². The Morgan fingerprint density at radius 1 is 1.44 bits per heavy atom. The Labute approximate surface area is 91.6 Å². The monoisotopic (exact) mass is 224 g/mol. The summed E-state index contributed by atoms with van der Waals surface area (Å²) in [5.74, 6) is 0.112. The van der Waals surface area contributed by atoms with E-state index in [0.29, 0.717) is 12.4 Å². The minimum Gasteiger partial charge on any atom is -0.298 e. The van der Waals surface area contributed by atoms with Crippen molar-refractivity contribution in [3.8, 4) is 0 Å². The molecule has 0 aliphatic carbocycles. The van der Waals surface area contributed by atoms with Crippen LogP contribution in [-0.4, -0.2) is 50.0 Å². The van der Waals surface area contributed by atoms with Crippen LogP contribution in [0, 0.1) is 0 Å². The van der Waals surface area contributed by atoms with E-state index in [0.717, 1.165) is 4.90 Å². The van der Waals surface area contributed by atoms with E-state index < -0.39 is 6.04 Å². The van der Waals surface area contributed by atoms with Crippen molar-refractivity contribution in [2.24, 2.45) is 7.05 Å². The molecule has 0 bridgehead atoms. The Morgan fingerprint density at radius 3 is 2.69 bits per heavy atom. The topological polar surface area (TPSA) is 93.0 Å². The number of hydrogen-bond acceptors (Lipinski definition) is 6. The Bertz CT molecular complexity index is 428. The predicted molar refractivity (Wildman–Crippen MR) is 51.8 cm³/mol. The van der Waals surface area contributed by atoms with Gasteiger partial charge in [-0.1, -0.05) is 0 Å². The molecule has 2 heterocycles. The van der Waals surface area contributed by atoms with Crippen molar-refractivity contribution in [1.82, 2.24) is 30.4 Å². The van der Waals surface area contributed by atoms with Crippen LogP contribution in [0.5, 0.6) is 0 Å². The molecule has 0 radical (unpaired) electrons. The summed E-state index contributed by atoms with van der Waals surface area (Å²) in [6, 6.07) is -0.471. The smallest absolute Gasteiger partial charge is 0.246 e. The van der Waals surface area contributed by atoms with Crippen LogP contribution in [0.2, 0.25) is 0 Å². The van der Waals surface area contributed by atoms with Gasteiger partial charge in [0, 0.05) is 7.05 Å². The van der Waals surface area contributed by atoms with E-state index in [1.165, 1.54) is 11.8 Å². The highest BCUT2D eigenvalue weighted by atomic mass is 16.2. The normalized spacial score (nSPS) is 20.9. The second-order valence-corrected chi connectivity index (χ2v) is 3.62. The highest BCUT2D eigenvalue weighted by Gasteiger charge is 2.35. The van der Waals surface area contributed by atoms with Gasteiger partial charge in [-0.25, -0.2) is 0 Å². The van der Waals surface area contributed by atoms with Gasteiger partial charge in [-0.15, -0.1) is 10.2 Å². The van der Waals surface area contributed by atoms with E-state index in [4.69, 9.17) is 0 Å². The number of likely N-dealkylation sites (N-methyl/N-ethyl adjacent to an activating group) is 1. The number of aromatic nitrogens is 4. The molecule has 1 aromatic rings. The molecule has 0 saturated carbocycles. The maximum Gasteiger partial charge on any atom is 0.246 e. The molecule has 2 amide bonds. The number of likely N-dealkylation sites (tertiary alicyclic amines) is 1. The molecule has 1 aromatic heterocycles. The number of aryl methyl sites for hydroxylation is 1. The zero-order valence-corrected chi connectivity index (χ0v) is 9.04. The van der Waals surface area contributed by atoms with Gasteiger partial charge >= 0.3 is 0 Å². The Morgan fingerprint density at radius 2 is 2.19 bits per heavy atom. The first kappa shape index (κ1) is 10.7. The number of carbonyl (C=O) groups excluding carboxylic acids is 2. The second kappa shape index (κ2) is 3.97. The van der Waals surface area contributed by atoms with Gasteiger partial charge in [0.05, 0.1) is 26.1 Å². The maximum atomic E-state index is 11.5. The van der Waals surface area contributed by atoms with Gasteiger partial charge < -0.3 is 0 Å². The third kappa shape index (κ3) is 1.91. The highest BCUT2D eigenvalue weighted by Crippen LogP contribution is 2.10. The molecule has 1 aliphatic heterocycles. The zero-order chi connectivity index (χ0) is 11.7. The van der Waals surface area contributed by atoms with Gasteiger partial charge in [-0.3, -0.25) is 19.8 Å². The van der Waals surface area contributed by atoms with Crippen molar-refractivity contribution in [2.75, 3.05) is 7.05 Å². The summed E-state index contributed by atoms with van der Waals surface area (Å²) in [5, 5.41) is 14.3. The molecule has 1 N–H and O–H groups in total. The molecule has 2 rings (SSSR count). The molecular formula is C8H12N6O2. The molecular weight excluding hydrogens is 212 g/mol. The first-order valence-corrected chi connectivity index (χ1v) is 4.84. The number of hydrogen-bond donors (Lipinski definition) is 1. The Kier molecular flexibility index (Phi) is 2.65. The van der Waals surface area contributed by atoms with Gasteiger partial charge in [-0.05, 0) is 5.21 Å². The van der Waals surface area contributed by atoms with Crippen LogP contribution >= 0.6 is 0 Å². The third-order valence-electron chi connectivity index (χ3n) is 2.44. The van der Waals surface area contributed by atoms with Crippen LogP contribution in [0.4, 0.5) is 0 Å². The molecule has 8 nitrogen and oxygen atoms in total. The zero-order valence-electron chi connectivity index (χ0n) is 9.04. The first-order valence-electron chi connectivity index (χ1n) is 4.84. The Balaban J connectivity index is 1.92. The number of amides is 2. The standard InChI is InChI=1S/C8H12N6O2/c1-13-7(15)3-5(8(13)16)9-4-6-10-12-14(2)11-6/h5,9H,3-4H2,1-2H3. The van der Waals surface area contributed by atoms with E-state index >= 15 is 0 Å². The lowest BCUT2D eigenvalue weighted by Gasteiger charge is -2.08. The van der Waals surface area contributed by atoms with Crippen molar-refractivity contribution in [3.63, 3.8) is 0 Å². The maximum absolute atomic E-state index is 11.5. The van der Waals surface area contributed by atoms with Crippen LogP contribution in [-0.2, 0) is 23.2 Å². The largest absolute Gasteiger partial charge is 0.298 e. The molecule has 86 valence electrons. The number of imide groups is 1. The fourth-order valence-corrected chi connectivity index (χ4v) is 1.52. The predicted octanol–water partition coefficient (Wildman–Crippen LogP) is -1.94. The lowest BCUT2D eigenvalue weighted by molar-refractivity contribution is -0.137. The molecule has 1 saturated heterocycles.